The molecule has 2 aliphatic carbocycles. The second-order valence-electron chi connectivity index (χ2n) is 7.63. The summed E-state index contributed by atoms with van der Waals surface area (Å²) in [5, 5.41) is 2.81. The Bertz CT molecular complexity index is 707. The molecule has 0 bridgehead atoms. The molecule has 0 atom stereocenters. The third-order valence-corrected chi connectivity index (χ3v) is 5.46. The van der Waals surface area contributed by atoms with Gasteiger partial charge in [-0.15, -0.1) is 0 Å². The van der Waals surface area contributed by atoms with E-state index in [1.54, 1.807) is 6.07 Å². The molecule has 3 N–H and O–H groups in total. The zero-order valence-corrected chi connectivity index (χ0v) is 14.8. The highest BCUT2D eigenvalue weighted by atomic mass is 16.5. The Morgan fingerprint density at radius 1 is 1.23 bits per heavy atom. The summed E-state index contributed by atoms with van der Waals surface area (Å²) in [6.07, 6.45) is 5.42. The molecule has 7 heteroatoms. The lowest BCUT2D eigenvalue weighted by Gasteiger charge is -2.34. The zero-order valence-electron chi connectivity index (χ0n) is 14.8. The van der Waals surface area contributed by atoms with E-state index in [2.05, 4.69) is 10.3 Å². The minimum atomic E-state index is -1.07. The molecular weight excluding hydrogens is 334 g/mol. The number of carbonyl (C=O) groups is 2. The zero-order chi connectivity index (χ0) is 18.1. The minimum Gasteiger partial charge on any atom is -0.477 e. The number of aromatic nitrogens is 1. The van der Waals surface area contributed by atoms with Crippen LogP contribution in [0.2, 0.25) is 0 Å². The van der Waals surface area contributed by atoms with Crippen LogP contribution >= 0.6 is 0 Å². The van der Waals surface area contributed by atoms with E-state index in [0.717, 1.165) is 18.4 Å². The summed E-state index contributed by atoms with van der Waals surface area (Å²) in [4.78, 5) is 29.2. The lowest BCUT2D eigenvalue weighted by atomic mass is 9.89. The van der Waals surface area contributed by atoms with Crippen LogP contribution in [0.15, 0.2) is 12.1 Å². The largest absolute Gasteiger partial charge is 0.477 e. The first kappa shape index (κ1) is 17.3. The summed E-state index contributed by atoms with van der Waals surface area (Å²) in [6, 6.07) is 3.64. The monoisotopic (exact) mass is 359 g/mol. The molecule has 3 aliphatic rings. The minimum absolute atomic E-state index is 0.257. The second kappa shape index (κ2) is 6.87. The number of carbonyl (C=O) groups excluding carboxylic acids is 2. The van der Waals surface area contributed by atoms with Gasteiger partial charge in [0.2, 0.25) is 11.8 Å². The number of hydrogen-bond acceptors (Lipinski definition) is 5. The van der Waals surface area contributed by atoms with Crippen molar-refractivity contribution in [3.8, 4) is 5.88 Å². The fraction of sp³-hybridized carbons (Fsp3) is 0.632. The Morgan fingerprint density at radius 2 is 1.96 bits per heavy atom. The van der Waals surface area contributed by atoms with E-state index >= 15 is 0 Å². The number of nitrogens with zero attached hydrogens (tertiary/aromatic N) is 1. The summed E-state index contributed by atoms with van der Waals surface area (Å²) >= 11 is 0. The number of pyridine rings is 1. The van der Waals surface area contributed by atoms with E-state index in [9.17, 15) is 9.59 Å². The van der Waals surface area contributed by atoms with Crippen LogP contribution in [0.25, 0.3) is 0 Å². The Balaban J connectivity index is 1.52. The van der Waals surface area contributed by atoms with Crippen LogP contribution in [0.5, 0.6) is 5.88 Å². The molecule has 7 nitrogen and oxygen atoms in total. The summed E-state index contributed by atoms with van der Waals surface area (Å²) in [5.74, 6) is 0.730. The predicted octanol–water partition coefficient (Wildman–Crippen LogP) is 1.51. The van der Waals surface area contributed by atoms with Crippen LogP contribution in [0.3, 0.4) is 0 Å². The molecule has 0 spiro atoms. The van der Waals surface area contributed by atoms with Crippen molar-refractivity contribution in [2.75, 3.05) is 19.8 Å². The molecule has 2 amide bonds. The van der Waals surface area contributed by atoms with Crippen molar-refractivity contribution in [3.05, 3.63) is 23.4 Å². The molecule has 0 unspecified atom stereocenters. The first-order valence-electron chi connectivity index (χ1n) is 9.41. The van der Waals surface area contributed by atoms with Crippen molar-refractivity contribution in [1.82, 2.24) is 10.3 Å². The number of hydrogen-bond donors (Lipinski definition) is 2. The van der Waals surface area contributed by atoms with Gasteiger partial charge in [-0.05, 0) is 43.6 Å². The van der Waals surface area contributed by atoms with Gasteiger partial charge in [-0.1, -0.05) is 6.07 Å². The number of ether oxygens (including phenoxy) is 2. The molecule has 26 heavy (non-hydrogen) atoms. The van der Waals surface area contributed by atoms with Crippen molar-refractivity contribution in [1.29, 1.82) is 0 Å². The topological polar surface area (TPSA) is 104 Å². The van der Waals surface area contributed by atoms with Crippen LogP contribution in [-0.4, -0.2) is 42.2 Å². The highest BCUT2D eigenvalue weighted by Gasteiger charge is 2.40. The third kappa shape index (κ3) is 3.67. The van der Waals surface area contributed by atoms with Gasteiger partial charge in [0, 0.05) is 31.6 Å². The maximum Gasteiger partial charge on any atom is 0.270 e. The maximum atomic E-state index is 12.7. The molecule has 2 saturated carbocycles. The number of nitrogens with two attached hydrogens (primary N) is 1. The number of amides is 2. The van der Waals surface area contributed by atoms with E-state index in [1.165, 1.54) is 12.8 Å². The molecule has 1 aliphatic heterocycles. The maximum absolute atomic E-state index is 12.7. The van der Waals surface area contributed by atoms with Crippen LogP contribution in [0.4, 0.5) is 0 Å². The average Bonchev–Trinajstić information content (AvgIpc) is 3.54. The third-order valence-electron chi connectivity index (χ3n) is 5.46. The van der Waals surface area contributed by atoms with Crippen molar-refractivity contribution >= 4 is 11.8 Å². The van der Waals surface area contributed by atoms with Gasteiger partial charge in [0.15, 0.2) is 0 Å². The highest BCUT2D eigenvalue weighted by Crippen LogP contribution is 2.44. The number of primary amides is 1. The van der Waals surface area contributed by atoms with Crippen molar-refractivity contribution in [2.24, 2.45) is 11.7 Å². The molecule has 0 radical (unpaired) electrons. The van der Waals surface area contributed by atoms with Crippen LogP contribution in [0.1, 0.15) is 60.5 Å². The molecule has 1 aromatic heterocycles. The summed E-state index contributed by atoms with van der Waals surface area (Å²) in [7, 11) is 0. The normalized spacial score (nSPS) is 21.8. The first-order chi connectivity index (χ1) is 12.6. The number of nitrogens with one attached hydrogen (secondary N) is 1. The van der Waals surface area contributed by atoms with E-state index < -0.39 is 17.4 Å². The van der Waals surface area contributed by atoms with Crippen LogP contribution in [0, 0.1) is 5.92 Å². The highest BCUT2D eigenvalue weighted by molar-refractivity contribution is 5.97. The lowest BCUT2D eigenvalue weighted by molar-refractivity contribution is -0.127. The average molecular weight is 359 g/mol. The molecule has 3 fully saturated rings. The summed E-state index contributed by atoms with van der Waals surface area (Å²) in [6.45, 7) is 1.44. The summed E-state index contributed by atoms with van der Waals surface area (Å²) in [5.41, 5.74) is 5.83. The quantitative estimate of drug-likeness (QED) is 0.768. The van der Waals surface area contributed by atoms with Crippen LogP contribution in [-0.2, 0) is 9.53 Å². The molecular formula is C19H25N3O4. The molecule has 0 aromatic carbocycles. The van der Waals surface area contributed by atoms with Crippen molar-refractivity contribution in [2.45, 2.75) is 50.0 Å². The van der Waals surface area contributed by atoms with Gasteiger partial charge in [-0.3, -0.25) is 9.59 Å². The van der Waals surface area contributed by atoms with E-state index in [-0.39, 0.29) is 5.69 Å². The van der Waals surface area contributed by atoms with Gasteiger partial charge >= 0.3 is 0 Å². The van der Waals surface area contributed by atoms with E-state index in [4.69, 9.17) is 15.2 Å². The van der Waals surface area contributed by atoms with E-state index in [1.807, 2.05) is 6.07 Å². The Morgan fingerprint density at radius 3 is 2.58 bits per heavy atom. The lowest BCUT2D eigenvalue weighted by Crippen LogP contribution is -2.60. The molecule has 1 aromatic rings. The van der Waals surface area contributed by atoms with Crippen molar-refractivity contribution < 1.29 is 19.1 Å². The summed E-state index contributed by atoms with van der Waals surface area (Å²) < 4.78 is 11.2. The van der Waals surface area contributed by atoms with Gasteiger partial charge in [0.25, 0.3) is 5.91 Å². The fourth-order valence-corrected chi connectivity index (χ4v) is 3.31. The van der Waals surface area contributed by atoms with Gasteiger partial charge in [-0.25, -0.2) is 4.98 Å². The van der Waals surface area contributed by atoms with Crippen LogP contribution < -0.4 is 15.8 Å². The standard InChI is InChI=1S/C19H25N3O4/c20-18(24)19(7-9-25-10-8-19)22-16(23)15-6-5-14(13-3-4-13)17(21-15)26-11-12-1-2-12/h5-6,12-13H,1-4,7-11H2,(H2,20,24)(H,22,23). The van der Waals surface area contributed by atoms with Gasteiger partial charge < -0.3 is 20.5 Å². The van der Waals surface area contributed by atoms with Gasteiger partial charge in [0.05, 0.1) is 6.61 Å². The second-order valence-corrected chi connectivity index (χ2v) is 7.63. The Labute approximate surface area is 152 Å². The Hall–Kier alpha value is -2.15. The molecule has 4 rings (SSSR count). The van der Waals surface area contributed by atoms with Gasteiger partial charge in [0.1, 0.15) is 11.2 Å². The van der Waals surface area contributed by atoms with Crippen molar-refractivity contribution in [3.63, 3.8) is 0 Å². The number of rotatable bonds is 7. The molecule has 1 saturated heterocycles. The predicted molar refractivity (Wildman–Crippen MR) is 93.9 cm³/mol. The first-order valence-corrected chi connectivity index (χ1v) is 9.41. The van der Waals surface area contributed by atoms with Gasteiger partial charge in [-0.2, -0.15) is 0 Å². The smallest absolute Gasteiger partial charge is 0.270 e. The Kier molecular flexibility index (Phi) is 4.56. The molecule has 2 heterocycles. The fourth-order valence-electron chi connectivity index (χ4n) is 3.31. The van der Waals surface area contributed by atoms with E-state index in [0.29, 0.717) is 50.4 Å². The molecule has 140 valence electrons. The SMILES string of the molecule is NC(=O)C1(NC(=O)c2ccc(C3CC3)c(OCC3CC3)n2)CCOCC1.